The number of carbonyl (C=O) groups excluding carboxylic acids is 3. The van der Waals surface area contributed by atoms with Crippen molar-refractivity contribution < 1.29 is 28.6 Å². The van der Waals surface area contributed by atoms with Gasteiger partial charge < -0.3 is 14.2 Å². The quantitative estimate of drug-likeness (QED) is 0.0344. The lowest BCUT2D eigenvalue weighted by Crippen LogP contribution is -2.30. The molecule has 0 radical (unpaired) electrons. The van der Waals surface area contributed by atoms with Crippen LogP contribution in [0.1, 0.15) is 305 Å². The second-order valence-corrected chi connectivity index (χ2v) is 20.4. The first kappa shape index (κ1) is 60.4. The minimum Gasteiger partial charge on any atom is -0.462 e. The van der Waals surface area contributed by atoms with Gasteiger partial charge in [0.1, 0.15) is 13.2 Å². The molecule has 2 atom stereocenters. The van der Waals surface area contributed by atoms with Crippen LogP contribution in [0.2, 0.25) is 0 Å². The molecule has 0 rings (SSSR count). The van der Waals surface area contributed by atoms with E-state index >= 15 is 0 Å². The van der Waals surface area contributed by atoms with Crippen LogP contribution in [-0.4, -0.2) is 37.2 Å². The zero-order chi connectivity index (χ0) is 45.6. The smallest absolute Gasteiger partial charge is 0.306 e. The average Bonchev–Trinajstić information content (AvgIpc) is 3.24. The third-order valence-corrected chi connectivity index (χ3v) is 13.0. The highest BCUT2D eigenvalue weighted by Crippen LogP contribution is 2.18. The molecule has 0 aliphatic heterocycles. The number of ether oxygens (including phenoxy) is 3. The van der Waals surface area contributed by atoms with Gasteiger partial charge in [-0.15, -0.1) is 0 Å². The van der Waals surface area contributed by atoms with Crippen LogP contribution in [0, 0.1) is 17.8 Å². The van der Waals surface area contributed by atoms with E-state index in [4.69, 9.17) is 14.2 Å². The van der Waals surface area contributed by atoms with Gasteiger partial charge in [-0.3, -0.25) is 14.4 Å². The molecule has 6 nitrogen and oxygen atoms in total. The van der Waals surface area contributed by atoms with Crippen LogP contribution < -0.4 is 0 Å². The predicted octanol–water partition coefficient (Wildman–Crippen LogP) is 17.9. The molecule has 0 saturated carbocycles. The highest BCUT2D eigenvalue weighted by molar-refractivity contribution is 5.71. The molecule has 0 aromatic carbocycles. The molecule has 0 bridgehead atoms. The summed E-state index contributed by atoms with van der Waals surface area (Å²) >= 11 is 0. The summed E-state index contributed by atoms with van der Waals surface area (Å²) in [5.74, 6) is 1.67. The van der Waals surface area contributed by atoms with Gasteiger partial charge in [0.2, 0.25) is 0 Å². The van der Waals surface area contributed by atoms with Crippen molar-refractivity contribution >= 4 is 17.9 Å². The van der Waals surface area contributed by atoms with E-state index in [0.717, 1.165) is 75.5 Å². The Kier molecular flexibility index (Phi) is 46.2. The maximum absolute atomic E-state index is 12.8. The van der Waals surface area contributed by atoms with Crippen LogP contribution in [0.25, 0.3) is 0 Å². The van der Waals surface area contributed by atoms with E-state index in [1.165, 1.54) is 186 Å². The van der Waals surface area contributed by atoms with Crippen molar-refractivity contribution in [3.05, 3.63) is 0 Å². The van der Waals surface area contributed by atoms with Gasteiger partial charge in [-0.25, -0.2) is 0 Å². The van der Waals surface area contributed by atoms with Gasteiger partial charge >= 0.3 is 17.9 Å². The fraction of sp³-hybridized carbons (Fsp3) is 0.946. The number of esters is 3. The molecule has 0 aliphatic carbocycles. The van der Waals surface area contributed by atoms with E-state index in [1.807, 2.05) is 0 Å². The molecule has 0 aromatic heterocycles. The number of rotatable bonds is 49. The first-order valence-electron chi connectivity index (χ1n) is 27.6. The lowest BCUT2D eigenvalue weighted by atomic mass is 9.99. The Hall–Kier alpha value is -1.59. The van der Waals surface area contributed by atoms with E-state index in [-0.39, 0.29) is 31.1 Å². The molecule has 0 heterocycles. The average molecular weight is 877 g/mol. The third kappa shape index (κ3) is 47.9. The predicted molar refractivity (Wildman–Crippen MR) is 266 cm³/mol. The summed E-state index contributed by atoms with van der Waals surface area (Å²) in [6, 6.07) is 0. The molecule has 0 spiro atoms. The topological polar surface area (TPSA) is 78.9 Å². The molecular formula is C56H108O6. The second-order valence-electron chi connectivity index (χ2n) is 20.4. The summed E-state index contributed by atoms with van der Waals surface area (Å²) in [6.45, 7) is 13.7. The van der Waals surface area contributed by atoms with Gasteiger partial charge in [-0.2, -0.15) is 0 Å². The van der Waals surface area contributed by atoms with Gasteiger partial charge in [0, 0.05) is 19.3 Å². The Labute approximate surface area is 387 Å². The highest BCUT2D eigenvalue weighted by Gasteiger charge is 2.19. The highest BCUT2D eigenvalue weighted by atomic mass is 16.6. The fourth-order valence-electron chi connectivity index (χ4n) is 8.44. The van der Waals surface area contributed by atoms with E-state index in [1.54, 1.807) is 0 Å². The molecule has 368 valence electrons. The fourth-order valence-corrected chi connectivity index (χ4v) is 8.44. The summed E-state index contributed by atoms with van der Waals surface area (Å²) in [4.78, 5) is 38.0. The lowest BCUT2D eigenvalue weighted by molar-refractivity contribution is -0.167. The van der Waals surface area contributed by atoms with E-state index < -0.39 is 6.10 Å². The maximum atomic E-state index is 12.8. The summed E-state index contributed by atoms with van der Waals surface area (Å²) in [5.41, 5.74) is 0. The normalized spacial score (nSPS) is 12.6. The first-order valence-corrected chi connectivity index (χ1v) is 27.6. The van der Waals surface area contributed by atoms with Crippen molar-refractivity contribution in [3.63, 3.8) is 0 Å². The molecule has 0 aliphatic rings. The van der Waals surface area contributed by atoms with Gasteiger partial charge in [-0.05, 0) is 37.0 Å². The number of hydrogen-bond donors (Lipinski definition) is 0. The van der Waals surface area contributed by atoms with Gasteiger partial charge in [0.15, 0.2) is 6.10 Å². The molecule has 0 saturated heterocycles. The molecule has 1 unspecified atom stereocenters. The molecule has 0 fully saturated rings. The van der Waals surface area contributed by atoms with E-state index in [0.29, 0.717) is 19.3 Å². The van der Waals surface area contributed by atoms with Crippen molar-refractivity contribution in [2.75, 3.05) is 13.2 Å². The van der Waals surface area contributed by atoms with Crippen LogP contribution in [0.3, 0.4) is 0 Å². The minimum atomic E-state index is -0.763. The summed E-state index contributed by atoms with van der Waals surface area (Å²) in [6.07, 6.45) is 48.1. The van der Waals surface area contributed by atoms with Crippen LogP contribution in [0.15, 0.2) is 0 Å². The molecular weight excluding hydrogens is 769 g/mol. The Morgan fingerprint density at radius 2 is 0.565 bits per heavy atom. The van der Waals surface area contributed by atoms with Crippen LogP contribution in [0.5, 0.6) is 0 Å². The largest absolute Gasteiger partial charge is 0.462 e. The second kappa shape index (κ2) is 47.4. The SMILES string of the molecule is CCC(C)CCCCCCCCCCCCCCCCC(=O)O[C@H](COC(=O)CCCCCCCCCCCCCCCC(C)C)COC(=O)CCCCCCCCCC(C)C. The lowest BCUT2D eigenvalue weighted by Gasteiger charge is -2.18. The molecule has 0 aromatic rings. The van der Waals surface area contributed by atoms with Crippen LogP contribution in [0.4, 0.5) is 0 Å². The van der Waals surface area contributed by atoms with Gasteiger partial charge in [-0.1, -0.05) is 266 Å². The Bertz CT molecular complexity index is 962. The minimum absolute atomic E-state index is 0.0645. The van der Waals surface area contributed by atoms with Gasteiger partial charge in [0.05, 0.1) is 0 Å². The number of hydrogen-bond acceptors (Lipinski definition) is 6. The zero-order valence-corrected chi connectivity index (χ0v) is 42.7. The molecule has 6 heteroatoms. The molecule has 62 heavy (non-hydrogen) atoms. The maximum Gasteiger partial charge on any atom is 0.306 e. The molecule has 0 amide bonds. The van der Waals surface area contributed by atoms with Crippen LogP contribution in [-0.2, 0) is 28.6 Å². The zero-order valence-electron chi connectivity index (χ0n) is 42.7. The summed E-state index contributed by atoms with van der Waals surface area (Å²) in [5, 5.41) is 0. The summed E-state index contributed by atoms with van der Waals surface area (Å²) in [7, 11) is 0. The standard InChI is InChI=1S/C56H108O6/c1-7-52(6)44-38-32-26-20-16-12-8-9-13-18-22-28-35-41-47-56(59)62-53(49-61-55(58)46-40-34-29-23-25-31-37-43-51(4)5)48-60-54(57)45-39-33-27-21-17-14-10-11-15-19-24-30-36-42-50(2)3/h50-53H,7-49H2,1-6H3/t52?,53-/m1/s1. The Morgan fingerprint density at radius 1 is 0.323 bits per heavy atom. The number of unbranched alkanes of at least 4 members (excludes halogenated alkanes) is 31. The van der Waals surface area contributed by atoms with Crippen molar-refractivity contribution in [1.29, 1.82) is 0 Å². The van der Waals surface area contributed by atoms with E-state index in [9.17, 15) is 14.4 Å². The third-order valence-electron chi connectivity index (χ3n) is 13.0. The molecule has 0 N–H and O–H groups in total. The Morgan fingerprint density at radius 3 is 0.839 bits per heavy atom. The summed E-state index contributed by atoms with van der Waals surface area (Å²) < 4.78 is 16.8. The van der Waals surface area contributed by atoms with Crippen molar-refractivity contribution in [2.45, 2.75) is 311 Å². The van der Waals surface area contributed by atoms with Crippen molar-refractivity contribution in [1.82, 2.24) is 0 Å². The monoisotopic (exact) mass is 877 g/mol. The Balaban J connectivity index is 4.27. The van der Waals surface area contributed by atoms with Crippen LogP contribution >= 0.6 is 0 Å². The van der Waals surface area contributed by atoms with Gasteiger partial charge in [0.25, 0.3) is 0 Å². The van der Waals surface area contributed by atoms with E-state index in [2.05, 4.69) is 41.5 Å². The van der Waals surface area contributed by atoms with Crippen molar-refractivity contribution in [3.8, 4) is 0 Å². The first-order chi connectivity index (χ1) is 30.1. The van der Waals surface area contributed by atoms with Crippen molar-refractivity contribution in [2.24, 2.45) is 17.8 Å². The number of carbonyl (C=O) groups is 3.